The summed E-state index contributed by atoms with van der Waals surface area (Å²) in [4.78, 5) is 1.88. The highest BCUT2D eigenvalue weighted by Gasteiger charge is 2.36. The number of rotatable bonds is 10. The zero-order valence-electron chi connectivity index (χ0n) is 15.5. The first-order valence-corrected chi connectivity index (χ1v) is 10.9. The molecule has 0 aliphatic carbocycles. The van der Waals surface area contributed by atoms with E-state index in [-0.39, 0.29) is 0 Å². The van der Waals surface area contributed by atoms with Gasteiger partial charge in [-0.25, -0.2) is 8.42 Å². The molecule has 152 valence electrons. The molecule has 0 spiro atoms. The van der Waals surface area contributed by atoms with E-state index in [2.05, 4.69) is 13.8 Å². The number of unbranched alkanes of at least 4 members (excludes halogenated alkanes) is 8. The van der Waals surface area contributed by atoms with E-state index in [9.17, 15) is 13.2 Å². The minimum absolute atomic E-state index is 0.948. The van der Waals surface area contributed by atoms with Gasteiger partial charge >= 0.3 is 5.51 Å². The van der Waals surface area contributed by atoms with E-state index in [1.807, 2.05) is 4.90 Å². The lowest BCUT2D eigenvalue weighted by Crippen LogP contribution is -3.13. The maximum atomic E-state index is 10.7. The molecular weight excluding hydrogens is 355 g/mol. The summed E-state index contributed by atoms with van der Waals surface area (Å²) in [5, 5.41) is 0. The summed E-state index contributed by atoms with van der Waals surface area (Å²) in [7, 11) is -6.09. The van der Waals surface area contributed by atoms with Crippen LogP contribution < -0.4 is 4.90 Å². The van der Waals surface area contributed by atoms with Gasteiger partial charge in [-0.3, -0.25) is 0 Å². The monoisotopic (exact) mass is 389 g/mol. The zero-order valence-corrected chi connectivity index (χ0v) is 16.4. The molecule has 0 aromatic carbocycles. The SMILES string of the molecule is CCCCCCCCCCC[NH+]1CCCC1C.O=S(=O)([O-])C(F)(F)F. The van der Waals surface area contributed by atoms with Gasteiger partial charge in [0.1, 0.15) is 0 Å². The van der Waals surface area contributed by atoms with Crippen LogP contribution in [-0.2, 0) is 10.1 Å². The van der Waals surface area contributed by atoms with Gasteiger partial charge in [-0.1, -0.05) is 51.9 Å². The molecule has 25 heavy (non-hydrogen) atoms. The van der Waals surface area contributed by atoms with Gasteiger partial charge in [-0.05, 0) is 19.8 Å². The van der Waals surface area contributed by atoms with Gasteiger partial charge in [0.05, 0.1) is 19.1 Å². The standard InChI is InChI=1S/C16H33N.CHF3O3S/c1-3-4-5-6-7-8-9-10-11-14-17-15-12-13-16(17)2;2-1(3,4)8(5,6)7/h16H,3-15H2,1-2H3;(H,5,6,7). The third-order valence-corrected chi connectivity index (χ3v) is 5.28. The summed E-state index contributed by atoms with van der Waals surface area (Å²) in [6.07, 6.45) is 16.1. The lowest BCUT2D eigenvalue weighted by atomic mass is 10.1. The van der Waals surface area contributed by atoms with Crippen LogP contribution in [0.2, 0.25) is 0 Å². The van der Waals surface area contributed by atoms with Crippen LogP contribution >= 0.6 is 0 Å². The summed E-state index contributed by atoms with van der Waals surface area (Å²) < 4.78 is 58.9. The van der Waals surface area contributed by atoms with Crippen molar-refractivity contribution in [3.05, 3.63) is 0 Å². The summed E-state index contributed by atoms with van der Waals surface area (Å²) in [6.45, 7) is 7.60. The van der Waals surface area contributed by atoms with Crippen molar-refractivity contribution in [2.45, 2.75) is 96.0 Å². The lowest BCUT2D eigenvalue weighted by molar-refractivity contribution is -0.910. The van der Waals surface area contributed by atoms with Crippen molar-refractivity contribution >= 4 is 10.1 Å². The van der Waals surface area contributed by atoms with Crippen molar-refractivity contribution in [3.8, 4) is 0 Å². The highest BCUT2D eigenvalue weighted by Crippen LogP contribution is 2.20. The van der Waals surface area contributed by atoms with Gasteiger partial charge in [0, 0.05) is 12.8 Å². The minimum Gasteiger partial charge on any atom is -0.741 e. The van der Waals surface area contributed by atoms with Crippen LogP contribution in [0.3, 0.4) is 0 Å². The average molecular weight is 390 g/mol. The highest BCUT2D eigenvalue weighted by molar-refractivity contribution is 7.86. The fourth-order valence-corrected chi connectivity index (χ4v) is 3.12. The average Bonchev–Trinajstić information content (AvgIpc) is 2.89. The third-order valence-electron chi connectivity index (χ3n) is 4.72. The van der Waals surface area contributed by atoms with Crippen molar-refractivity contribution in [2.75, 3.05) is 13.1 Å². The Balaban J connectivity index is 0.000000609. The van der Waals surface area contributed by atoms with E-state index in [1.54, 1.807) is 0 Å². The Morgan fingerprint density at radius 2 is 1.44 bits per heavy atom. The molecule has 1 rings (SSSR count). The molecule has 1 aliphatic rings. The number of hydrogen-bond donors (Lipinski definition) is 1. The second kappa shape index (κ2) is 12.9. The number of alkyl halides is 3. The fourth-order valence-electron chi connectivity index (χ4n) is 3.12. The number of nitrogens with one attached hydrogen (secondary N) is 1. The number of halogens is 3. The number of likely N-dealkylation sites (tertiary alicyclic amines) is 1. The van der Waals surface area contributed by atoms with E-state index in [0.29, 0.717) is 0 Å². The van der Waals surface area contributed by atoms with Crippen molar-refractivity contribution < 1.29 is 31.0 Å². The van der Waals surface area contributed by atoms with E-state index in [0.717, 1.165) is 6.04 Å². The van der Waals surface area contributed by atoms with Gasteiger partial charge in [0.2, 0.25) is 0 Å². The number of hydrogen-bond acceptors (Lipinski definition) is 3. The van der Waals surface area contributed by atoms with Crippen LogP contribution in [0.1, 0.15) is 84.5 Å². The van der Waals surface area contributed by atoms with E-state index in [4.69, 9.17) is 13.0 Å². The Kier molecular flexibility index (Phi) is 12.7. The summed E-state index contributed by atoms with van der Waals surface area (Å²) in [5.74, 6) is 0. The normalized spacial score (nSPS) is 21.0. The molecule has 8 heteroatoms. The van der Waals surface area contributed by atoms with Crippen molar-refractivity contribution in [2.24, 2.45) is 0 Å². The van der Waals surface area contributed by atoms with E-state index in [1.165, 1.54) is 83.7 Å². The second-order valence-electron chi connectivity index (χ2n) is 6.93. The van der Waals surface area contributed by atoms with Gasteiger partial charge in [0.25, 0.3) is 0 Å². The van der Waals surface area contributed by atoms with Crippen LogP contribution in [0, 0.1) is 0 Å². The maximum absolute atomic E-state index is 10.7. The summed E-state index contributed by atoms with van der Waals surface area (Å²) >= 11 is 0. The van der Waals surface area contributed by atoms with E-state index < -0.39 is 15.6 Å². The molecule has 1 aliphatic heterocycles. The molecule has 2 unspecified atom stereocenters. The first-order valence-electron chi connectivity index (χ1n) is 9.46. The fraction of sp³-hybridized carbons (Fsp3) is 1.00. The Labute approximate surface area is 150 Å². The molecule has 1 fully saturated rings. The quantitative estimate of drug-likeness (QED) is 0.353. The van der Waals surface area contributed by atoms with Crippen LogP contribution in [0.4, 0.5) is 13.2 Å². The molecule has 0 saturated carbocycles. The van der Waals surface area contributed by atoms with Crippen LogP contribution in [-0.4, -0.2) is 37.6 Å². The lowest BCUT2D eigenvalue weighted by Gasteiger charge is -2.17. The third kappa shape index (κ3) is 12.6. The van der Waals surface area contributed by atoms with Crippen molar-refractivity contribution in [1.82, 2.24) is 0 Å². The van der Waals surface area contributed by atoms with Gasteiger partial charge in [-0.15, -0.1) is 0 Å². The molecule has 0 radical (unpaired) electrons. The molecule has 1 heterocycles. The van der Waals surface area contributed by atoms with Gasteiger partial charge < -0.3 is 9.45 Å². The first-order chi connectivity index (χ1) is 11.6. The van der Waals surface area contributed by atoms with Gasteiger partial charge in [0.15, 0.2) is 10.1 Å². The number of quaternary nitrogens is 1. The Morgan fingerprint density at radius 1 is 1.00 bits per heavy atom. The largest absolute Gasteiger partial charge is 0.741 e. The molecule has 0 amide bonds. The second-order valence-corrected chi connectivity index (χ2v) is 8.30. The molecule has 0 bridgehead atoms. The molecule has 0 aromatic heterocycles. The molecular formula is C17H34F3NO3S. The predicted octanol–water partition coefficient (Wildman–Crippen LogP) is 3.64. The Hall–Kier alpha value is -0.340. The van der Waals surface area contributed by atoms with Crippen LogP contribution in [0.15, 0.2) is 0 Å². The topological polar surface area (TPSA) is 61.6 Å². The molecule has 4 nitrogen and oxygen atoms in total. The zero-order chi connectivity index (χ0) is 19.3. The first kappa shape index (κ1) is 24.7. The minimum atomic E-state index is -6.09. The molecule has 1 saturated heterocycles. The summed E-state index contributed by atoms with van der Waals surface area (Å²) in [5.41, 5.74) is -5.65. The molecule has 1 N–H and O–H groups in total. The molecule has 0 aromatic rings. The summed E-state index contributed by atoms with van der Waals surface area (Å²) in [6, 6.07) is 0.948. The smallest absolute Gasteiger partial charge is 0.485 e. The van der Waals surface area contributed by atoms with E-state index >= 15 is 0 Å². The van der Waals surface area contributed by atoms with Crippen molar-refractivity contribution in [3.63, 3.8) is 0 Å². The molecule has 2 atom stereocenters. The predicted molar refractivity (Wildman–Crippen MR) is 92.4 cm³/mol. The Bertz CT molecular complexity index is 427. The Morgan fingerprint density at radius 3 is 1.80 bits per heavy atom. The maximum Gasteiger partial charge on any atom is 0.485 e. The highest BCUT2D eigenvalue weighted by atomic mass is 32.2. The van der Waals surface area contributed by atoms with Crippen molar-refractivity contribution in [1.29, 1.82) is 0 Å². The van der Waals surface area contributed by atoms with Gasteiger partial charge in [-0.2, -0.15) is 13.2 Å². The van der Waals surface area contributed by atoms with Crippen LogP contribution in [0.25, 0.3) is 0 Å². The van der Waals surface area contributed by atoms with Crippen LogP contribution in [0.5, 0.6) is 0 Å².